The summed E-state index contributed by atoms with van der Waals surface area (Å²) in [6.45, 7) is 9.97. The van der Waals surface area contributed by atoms with E-state index < -0.39 is 41.8 Å². The Morgan fingerprint density at radius 2 is 1.27 bits per heavy atom. The Labute approximate surface area is 283 Å². The van der Waals surface area contributed by atoms with Crippen LogP contribution in [-0.2, 0) is 32.0 Å². The highest BCUT2D eigenvalue weighted by molar-refractivity contribution is 5.95. The van der Waals surface area contributed by atoms with Crippen molar-refractivity contribution in [2.24, 2.45) is 29.2 Å². The standard InChI is InChI=1S/C35H54N8O5/c1-21(2)23(5)40-34(48)30(22(3)4)43-33(47)29(19-25-13-15-27(44)16-14-25)42-32(46)28(18-24-10-7-6-8-11-24)41-31(45)26(20-36)12-9-17-39-35(37)38/h6-8,10-11,13-16,21-23,26,28-30,44H,9,12,17-20,36H2,1-5H3,(H,40,48)(H,41,45)(H,42,46)(H,43,47)(H4,37,38,39)/t23-,26-,28+,29+,30+/m1/s1. The molecule has 0 aromatic heterocycles. The molecule has 0 unspecified atom stereocenters. The Morgan fingerprint density at radius 1 is 0.729 bits per heavy atom. The molecular weight excluding hydrogens is 612 g/mol. The van der Waals surface area contributed by atoms with Gasteiger partial charge in [0.15, 0.2) is 5.96 Å². The number of amides is 4. The van der Waals surface area contributed by atoms with Crippen LogP contribution in [0.15, 0.2) is 54.6 Å². The Morgan fingerprint density at radius 3 is 1.79 bits per heavy atom. The molecule has 0 heterocycles. The van der Waals surface area contributed by atoms with Crippen molar-refractivity contribution in [2.75, 3.05) is 13.1 Å². The van der Waals surface area contributed by atoms with Crippen LogP contribution in [0.3, 0.4) is 0 Å². The van der Waals surface area contributed by atoms with Crippen molar-refractivity contribution in [3.05, 3.63) is 65.7 Å². The van der Waals surface area contributed by atoms with Crippen LogP contribution in [-0.4, -0.2) is 72.0 Å². The summed E-state index contributed by atoms with van der Waals surface area (Å²) in [6, 6.07) is 12.3. The van der Waals surface area contributed by atoms with Crippen molar-refractivity contribution in [3.8, 4) is 5.75 Å². The Balaban J connectivity index is 2.34. The first kappa shape index (κ1) is 39.5. The summed E-state index contributed by atoms with van der Waals surface area (Å²) >= 11 is 0. The third-order valence-corrected chi connectivity index (χ3v) is 8.24. The van der Waals surface area contributed by atoms with Gasteiger partial charge < -0.3 is 43.2 Å². The maximum Gasteiger partial charge on any atom is 0.243 e. The Bertz CT molecular complexity index is 1340. The summed E-state index contributed by atoms with van der Waals surface area (Å²) in [4.78, 5) is 54.4. The number of hydrogen-bond acceptors (Lipinski definition) is 7. The number of phenolic OH excluding ortho intramolecular Hbond substituents is 1. The van der Waals surface area contributed by atoms with Crippen molar-refractivity contribution in [3.63, 3.8) is 0 Å². The van der Waals surface area contributed by atoms with Crippen LogP contribution in [0.4, 0.5) is 0 Å². The molecule has 0 radical (unpaired) electrons. The zero-order chi connectivity index (χ0) is 35.8. The zero-order valence-corrected chi connectivity index (χ0v) is 28.7. The van der Waals surface area contributed by atoms with E-state index in [-0.39, 0.29) is 54.9 Å². The van der Waals surface area contributed by atoms with E-state index in [1.807, 2.05) is 65.0 Å². The first-order valence-corrected chi connectivity index (χ1v) is 16.5. The van der Waals surface area contributed by atoms with Crippen LogP contribution in [0.2, 0.25) is 0 Å². The lowest BCUT2D eigenvalue weighted by Gasteiger charge is -2.28. The van der Waals surface area contributed by atoms with Gasteiger partial charge in [-0.05, 0) is 54.9 Å². The van der Waals surface area contributed by atoms with E-state index in [0.717, 1.165) is 5.56 Å². The van der Waals surface area contributed by atoms with Crippen molar-refractivity contribution in [1.29, 1.82) is 5.41 Å². The average molecular weight is 667 g/mol. The summed E-state index contributed by atoms with van der Waals surface area (Å²) in [6.07, 6.45) is 1.15. The molecule has 264 valence electrons. The monoisotopic (exact) mass is 666 g/mol. The SMILES string of the molecule is CC(C)[C@H](NC(=O)[C@H](Cc1ccc(O)cc1)NC(=O)[C@H](Cc1ccccc1)NC(=O)[C@@H](CN)CCCNC(=N)N)C(=O)N[C@H](C)C(C)C. The lowest BCUT2D eigenvalue weighted by molar-refractivity contribution is -0.135. The molecule has 2 aromatic rings. The fourth-order valence-corrected chi connectivity index (χ4v) is 4.90. The summed E-state index contributed by atoms with van der Waals surface area (Å²) in [7, 11) is 0. The minimum atomic E-state index is -1.11. The molecule has 0 aliphatic heterocycles. The highest BCUT2D eigenvalue weighted by Gasteiger charge is 2.32. The number of aromatic hydroxyl groups is 1. The molecule has 0 bridgehead atoms. The zero-order valence-electron chi connectivity index (χ0n) is 28.7. The number of phenols is 1. The lowest BCUT2D eigenvalue weighted by Crippen LogP contribution is -2.59. The van der Waals surface area contributed by atoms with E-state index in [1.54, 1.807) is 12.1 Å². The van der Waals surface area contributed by atoms with Crippen molar-refractivity contribution in [1.82, 2.24) is 26.6 Å². The van der Waals surface area contributed by atoms with E-state index >= 15 is 0 Å². The van der Waals surface area contributed by atoms with E-state index in [1.165, 1.54) is 12.1 Å². The molecule has 2 aromatic carbocycles. The molecule has 0 fully saturated rings. The smallest absolute Gasteiger partial charge is 0.243 e. The summed E-state index contributed by atoms with van der Waals surface area (Å²) in [5.74, 6) is -2.66. The molecule has 0 saturated carbocycles. The van der Waals surface area contributed by atoms with Gasteiger partial charge in [-0.2, -0.15) is 0 Å². The molecule has 13 heteroatoms. The van der Waals surface area contributed by atoms with E-state index in [9.17, 15) is 24.3 Å². The Kier molecular flexibility index (Phi) is 16.4. The maximum absolute atomic E-state index is 14.0. The first-order chi connectivity index (χ1) is 22.7. The molecule has 4 amide bonds. The largest absolute Gasteiger partial charge is 0.508 e. The van der Waals surface area contributed by atoms with Gasteiger partial charge in [-0.3, -0.25) is 24.6 Å². The molecule has 0 aliphatic rings. The number of nitrogens with two attached hydrogens (primary N) is 2. The van der Waals surface area contributed by atoms with Gasteiger partial charge >= 0.3 is 0 Å². The summed E-state index contributed by atoms with van der Waals surface area (Å²) in [5.41, 5.74) is 12.7. The summed E-state index contributed by atoms with van der Waals surface area (Å²) in [5, 5.41) is 31.3. The topological polar surface area (TPSA) is 225 Å². The van der Waals surface area contributed by atoms with Crippen LogP contribution in [0.1, 0.15) is 58.6 Å². The number of hydrogen-bond donors (Lipinski definition) is 9. The minimum absolute atomic E-state index is 0.0472. The molecule has 5 atom stereocenters. The van der Waals surface area contributed by atoms with Gasteiger partial charge in [0.1, 0.15) is 23.9 Å². The van der Waals surface area contributed by atoms with Crippen LogP contribution >= 0.6 is 0 Å². The molecule has 0 saturated heterocycles. The van der Waals surface area contributed by atoms with Crippen LogP contribution in [0.25, 0.3) is 0 Å². The fraction of sp³-hybridized carbons (Fsp3) is 0.514. The molecule has 11 N–H and O–H groups in total. The van der Waals surface area contributed by atoms with Crippen LogP contribution in [0, 0.1) is 23.2 Å². The van der Waals surface area contributed by atoms with E-state index in [4.69, 9.17) is 16.9 Å². The van der Waals surface area contributed by atoms with Gasteiger partial charge in [-0.1, -0.05) is 70.2 Å². The molecular formula is C35H54N8O5. The number of benzene rings is 2. The number of carbonyl (C=O) groups is 4. The van der Waals surface area contributed by atoms with Crippen LogP contribution < -0.4 is 38.1 Å². The van der Waals surface area contributed by atoms with E-state index in [0.29, 0.717) is 24.9 Å². The van der Waals surface area contributed by atoms with E-state index in [2.05, 4.69) is 26.6 Å². The lowest BCUT2D eigenvalue weighted by atomic mass is 9.98. The van der Waals surface area contributed by atoms with Gasteiger partial charge in [0.05, 0.1) is 5.92 Å². The van der Waals surface area contributed by atoms with Crippen molar-refractivity contribution >= 4 is 29.6 Å². The molecule has 13 nitrogen and oxygen atoms in total. The Hall–Kier alpha value is -4.65. The van der Waals surface area contributed by atoms with Gasteiger partial charge in [0.2, 0.25) is 23.6 Å². The predicted octanol–water partition coefficient (Wildman–Crippen LogP) is 1.29. The number of guanidine groups is 1. The molecule has 48 heavy (non-hydrogen) atoms. The van der Waals surface area contributed by atoms with Gasteiger partial charge in [-0.25, -0.2) is 0 Å². The highest BCUT2D eigenvalue weighted by Crippen LogP contribution is 2.14. The van der Waals surface area contributed by atoms with Gasteiger partial charge in [-0.15, -0.1) is 0 Å². The van der Waals surface area contributed by atoms with Crippen LogP contribution in [0.5, 0.6) is 5.75 Å². The normalized spacial score (nSPS) is 14.2. The second-order valence-electron chi connectivity index (χ2n) is 12.9. The first-order valence-electron chi connectivity index (χ1n) is 16.5. The van der Waals surface area contributed by atoms with Crippen molar-refractivity contribution < 1.29 is 24.3 Å². The minimum Gasteiger partial charge on any atom is -0.508 e. The predicted molar refractivity (Wildman–Crippen MR) is 187 cm³/mol. The third kappa shape index (κ3) is 13.6. The second kappa shape index (κ2) is 19.9. The highest BCUT2D eigenvalue weighted by atomic mass is 16.3. The quantitative estimate of drug-likeness (QED) is 0.0602. The number of rotatable bonds is 19. The average Bonchev–Trinajstić information content (AvgIpc) is 3.03. The van der Waals surface area contributed by atoms with Gasteiger partial charge in [0.25, 0.3) is 0 Å². The number of carbonyl (C=O) groups excluding carboxylic acids is 4. The second-order valence-corrected chi connectivity index (χ2v) is 12.9. The van der Waals surface area contributed by atoms with Gasteiger partial charge in [0, 0.05) is 32.0 Å². The maximum atomic E-state index is 14.0. The third-order valence-electron chi connectivity index (χ3n) is 8.24. The van der Waals surface area contributed by atoms with Crippen molar-refractivity contribution in [2.45, 2.75) is 84.5 Å². The fourth-order valence-electron chi connectivity index (χ4n) is 4.90. The summed E-state index contributed by atoms with van der Waals surface area (Å²) < 4.78 is 0. The molecule has 0 aliphatic carbocycles. The number of nitrogens with one attached hydrogen (secondary N) is 6. The molecule has 0 spiro atoms. The molecule has 2 rings (SSSR count).